The highest BCUT2D eigenvalue weighted by Gasteiger charge is 2.21. The zero-order chi connectivity index (χ0) is 10.3. The van der Waals surface area contributed by atoms with Gasteiger partial charge in [-0.25, -0.2) is 8.42 Å². The van der Waals surface area contributed by atoms with Crippen LogP contribution in [0.25, 0.3) is 0 Å². The van der Waals surface area contributed by atoms with Crippen LogP contribution in [0.3, 0.4) is 0 Å². The van der Waals surface area contributed by atoms with Crippen molar-refractivity contribution in [2.24, 2.45) is 0 Å². The van der Waals surface area contributed by atoms with Gasteiger partial charge in [0.1, 0.15) is 0 Å². The highest BCUT2D eigenvalue weighted by molar-refractivity contribution is 7.92. The van der Waals surface area contributed by atoms with E-state index in [0.29, 0.717) is 5.75 Å². The molecule has 0 aromatic heterocycles. The maximum Gasteiger partial charge on any atom is 0.153 e. The number of hydrogen-bond donors (Lipinski definition) is 0. The van der Waals surface area contributed by atoms with Gasteiger partial charge >= 0.3 is 0 Å². The maximum absolute atomic E-state index is 11.7. The number of rotatable bonds is 7. The molecule has 1 unspecified atom stereocenters. The standard InChI is InChI=1S/C10H22O2S/c1-4-7-9-13(11,12)10(6-3)8-5-2/h10H,4-9H2,1-3H3. The second-order valence-corrected chi connectivity index (χ2v) is 5.94. The first-order valence-electron chi connectivity index (χ1n) is 5.30. The van der Waals surface area contributed by atoms with Gasteiger partial charge in [0.15, 0.2) is 9.84 Å². The monoisotopic (exact) mass is 206 g/mol. The molecule has 0 radical (unpaired) electrons. The van der Waals surface area contributed by atoms with Gasteiger partial charge in [0.05, 0.1) is 11.0 Å². The lowest BCUT2D eigenvalue weighted by Gasteiger charge is -2.14. The highest BCUT2D eigenvalue weighted by Crippen LogP contribution is 2.14. The van der Waals surface area contributed by atoms with Crippen LogP contribution in [0.2, 0.25) is 0 Å². The fourth-order valence-corrected chi connectivity index (χ4v) is 3.60. The van der Waals surface area contributed by atoms with Gasteiger partial charge in [-0.3, -0.25) is 0 Å². The van der Waals surface area contributed by atoms with Gasteiger partial charge in [-0.05, 0) is 19.3 Å². The molecular weight excluding hydrogens is 184 g/mol. The van der Waals surface area contributed by atoms with E-state index in [1.807, 2.05) is 20.8 Å². The molecule has 0 fully saturated rings. The molecule has 0 aliphatic rings. The van der Waals surface area contributed by atoms with E-state index in [2.05, 4.69) is 0 Å². The summed E-state index contributed by atoms with van der Waals surface area (Å²) in [5, 5.41) is -0.0935. The largest absolute Gasteiger partial charge is 0.229 e. The highest BCUT2D eigenvalue weighted by atomic mass is 32.2. The van der Waals surface area contributed by atoms with E-state index >= 15 is 0 Å². The van der Waals surface area contributed by atoms with Crippen molar-refractivity contribution in [3.05, 3.63) is 0 Å². The third kappa shape index (κ3) is 4.65. The van der Waals surface area contributed by atoms with Crippen LogP contribution in [0, 0.1) is 0 Å². The predicted octanol–water partition coefficient (Wildman–Crippen LogP) is 2.78. The lowest BCUT2D eigenvalue weighted by Crippen LogP contribution is -2.23. The summed E-state index contributed by atoms with van der Waals surface area (Å²) in [4.78, 5) is 0. The molecule has 3 heteroatoms. The average molecular weight is 206 g/mol. The van der Waals surface area contributed by atoms with E-state index in [0.717, 1.165) is 32.1 Å². The minimum Gasteiger partial charge on any atom is -0.229 e. The molecule has 80 valence electrons. The van der Waals surface area contributed by atoms with Crippen LogP contribution in [0.15, 0.2) is 0 Å². The van der Waals surface area contributed by atoms with E-state index in [1.165, 1.54) is 0 Å². The summed E-state index contributed by atoms with van der Waals surface area (Å²) in [6, 6.07) is 0. The van der Waals surface area contributed by atoms with Crippen LogP contribution in [0.1, 0.15) is 52.9 Å². The first-order valence-corrected chi connectivity index (χ1v) is 7.01. The van der Waals surface area contributed by atoms with Gasteiger partial charge in [0.2, 0.25) is 0 Å². The van der Waals surface area contributed by atoms with Crippen LogP contribution in [0.4, 0.5) is 0 Å². The molecule has 0 amide bonds. The van der Waals surface area contributed by atoms with Crippen molar-refractivity contribution in [3.63, 3.8) is 0 Å². The van der Waals surface area contributed by atoms with E-state index in [4.69, 9.17) is 0 Å². The molecule has 0 N–H and O–H groups in total. The molecule has 0 aromatic carbocycles. The molecule has 1 atom stereocenters. The molecule has 0 saturated heterocycles. The molecule has 0 rings (SSSR count). The van der Waals surface area contributed by atoms with Crippen LogP contribution in [-0.2, 0) is 9.84 Å². The molecular formula is C10H22O2S. The van der Waals surface area contributed by atoms with Crippen molar-refractivity contribution < 1.29 is 8.42 Å². The van der Waals surface area contributed by atoms with Crippen molar-refractivity contribution >= 4 is 9.84 Å². The molecule has 2 nitrogen and oxygen atoms in total. The summed E-state index contributed by atoms with van der Waals surface area (Å²) in [6.45, 7) is 6.03. The maximum atomic E-state index is 11.7. The lowest BCUT2D eigenvalue weighted by atomic mass is 10.2. The minimum absolute atomic E-state index is 0.0935. The fourth-order valence-electron chi connectivity index (χ4n) is 1.47. The molecule has 0 spiro atoms. The molecule has 0 aliphatic carbocycles. The van der Waals surface area contributed by atoms with Gasteiger partial charge in [0, 0.05) is 0 Å². The Morgan fingerprint density at radius 3 is 2.08 bits per heavy atom. The predicted molar refractivity (Wildman–Crippen MR) is 57.7 cm³/mol. The SMILES string of the molecule is CCCCS(=O)(=O)C(CC)CCC. The Morgan fingerprint density at radius 1 is 1.08 bits per heavy atom. The Hall–Kier alpha value is -0.0500. The van der Waals surface area contributed by atoms with Crippen LogP contribution >= 0.6 is 0 Å². The molecule has 0 saturated carbocycles. The quantitative estimate of drug-likeness (QED) is 0.642. The van der Waals surface area contributed by atoms with Crippen LogP contribution < -0.4 is 0 Å². The Kier molecular flexibility index (Phi) is 6.39. The van der Waals surface area contributed by atoms with Crippen LogP contribution in [0.5, 0.6) is 0 Å². The number of hydrogen-bond acceptors (Lipinski definition) is 2. The Labute approximate surface area is 82.6 Å². The first kappa shape index (κ1) is 12.9. The second-order valence-electron chi connectivity index (χ2n) is 3.54. The van der Waals surface area contributed by atoms with Crippen molar-refractivity contribution in [2.45, 2.75) is 58.1 Å². The summed E-state index contributed by atoms with van der Waals surface area (Å²) < 4.78 is 23.4. The van der Waals surface area contributed by atoms with Gasteiger partial charge in [-0.15, -0.1) is 0 Å². The van der Waals surface area contributed by atoms with Gasteiger partial charge in [-0.1, -0.05) is 33.6 Å². The molecule has 13 heavy (non-hydrogen) atoms. The summed E-state index contributed by atoms with van der Waals surface area (Å²) in [5.74, 6) is 0.377. The van der Waals surface area contributed by atoms with Gasteiger partial charge < -0.3 is 0 Å². The van der Waals surface area contributed by atoms with Crippen molar-refractivity contribution in [2.75, 3.05) is 5.75 Å². The molecule has 0 aliphatic heterocycles. The topological polar surface area (TPSA) is 34.1 Å². The normalized spacial score (nSPS) is 14.4. The van der Waals surface area contributed by atoms with E-state index in [-0.39, 0.29) is 5.25 Å². The zero-order valence-corrected chi connectivity index (χ0v) is 9.86. The van der Waals surface area contributed by atoms with Gasteiger partial charge in [-0.2, -0.15) is 0 Å². The lowest BCUT2D eigenvalue weighted by molar-refractivity contribution is 0.561. The van der Waals surface area contributed by atoms with Crippen LogP contribution in [-0.4, -0.2) is 19.4 Å². The summed E-state index contributed by atoms with van der Waals surface area (Å²) in [7, 11) is -2.80. The number of unbranched alkanes of at least 4 members (excludes halogenated alkanes) is 1. The fraction of sp³-hybridized carbons (Fsp3) is 1.00. The van der Waals surface area contributed by atoms with Crippen molar-refractivity contribution in [3.8, 4) is 0 Å². The zero-order valence-electron chi connectivity index (χ0n) is 9.04. The third-order valence-electron chi connectivity index (χ3n) is 2.36. The molecule has 0 heterocycles. The first-order chi connectivity index (χ1) is 6.08. The summed E-state index contributed by atoms with van der Waals surface area (Å²) in [5.41, 5.74) is 0. The second kappa shape index (κ2) is 6.41. The Balaban J connectivity index is 4.21. The summed E-state index contributed by atoms with van der Waals surface area (Å²) >= 11 is 0. The summed E-state index contributed by atoms with van der Waals surface area (Å²) in [6.07, 6.45) is 4.32. The smallest absolute Gasteiger partial charge is 0.153 e. The molecule has 0 aromatic rings. The van der Waals surface area contributed by atoms with Crippen molar-refractivity contribution in [1.29, 1.82) is 0 Å². The van der Waals surface area contributed by atoms with E-state index in [1.54, 1.807) is 0 Å². The van der Waals surface area contributed by atoms with E-state index < -0.39 is 9.84 Å². The Morgan fingerprint density at radius 2 is 1.69 bits per heavy atom. The third-order valence-corrected chi connectivity index (χ3v) is 4.80. The molecule has 0 bridgehead atoms. The van der Waals surface area contributed by atoms with Gasteiger partial charge in [0.25, 0.3) is 0 Å². The van der Waals surface area contributed by atoms with E-state index in [9.17, 15) is 8.42 Å². The Bertz CT molecular complexity index is 207. The van der Waals surface area contributed by atoms with Crippen molar-refractivity contribution in [1.82, 2.24) is 0 Å². The number of sulfone groups is 1. The minimum atomic E-state index is -2.80. The average Bonchev–Trinajstić information content (AvgIpc) is 2.10.